The number of carbonyl (C=O) groups is 2. The second-order valence-electron chi connectivity index (χ2n) is 9.58. The summed E-state index contributed by atoms with van der Waals surface area (Å²) in [6.07, 6.45) is 5.24. The highest BCUT2D eigenvalue weighted by atomic mass is 127. The van der Waals surface area contributed by atoms with Crippen LogP contribution in [0.5, 0.6) is 5.75 Å². The van der Waals surface area contributed by atoms with E-state index < -0.39 is 6.03 Å². The predicted octanol–water partition coefficient (Wildman–Crippen LogP) is 6.56. The van der Waals surface area contributed by atoms with Crippen molar-refractivity contribution in [3.05, 3.63) is 64.8 Å². The lowest BCUT2D eigenvalue weighted by Crippen LogP contribution is -2.35. The molecular formula is C28H27IN6O3S. The molecule has 0 atom stereocenters. The molecule has 1 saturated heterocycles. The van der Waals surface area contributed by atoms with Gasteiger partial charge in [0.05, 0.1) is 23.9 Å². The highest BCUT2D eigenvalue weighted by molar-refractivity contribution is 14.1. The molecule has 3 amide bonds. The molecule has 0 aliphatic carbocycles. The topological polar surface area (TPSA) is 99.7 Å². The Bertz CT molecular complexity index is 1550. The van der Waals surface area contributed by atoms with Crippen molar-refractivity contribution in [1.29, 1.82) is 0 Å². The Morgan fingerprint density at radius 1 is 1.10 bits per heavy atom. The van der Waals surface area contributed by atoms with E-state index in [9.17, 15) is 9.59 Å². The van der Waals surface area contributed by atoms with Crippen LogP contribution in [0.4, 0.5) is 27.7 Å². The van der Waals surface area contributed by atoms with Crippen LogP contribution in [0, 0.1) is 0 Å². The molecular weight excluding hydrogens is 627 g/mol. The molecule has 200 valence electrons. The van der Waals surface area contributed by atoms with Gasteiger partial charge in [0.15, 0.2) is 5.82 Å². The minimum Gasteiger partial charge on any atom is -0.495 e. The van der Waals surface area contributed by atoms with E-state index >= 15 is 0 Å². The average Bonchev–Trinajstić information content (AvgIpc) is 3.34. The Morgan fingerprint density at radius 2 is 1.87 bits per heavy atom. The van der Waals surface area contributed by atoms with E-state index in [1.165, 1.54) is 47.4 Å². The fraction of sp³-hybridized carbons (Fsp3) is 0.286. The number of anilines is 4. The van der Waals surface area contributed by atoms with Crippen LogP contribution in [0.3, 0.4) is 0 Å². The number of ether oxygens (including phenoxy) is 1. The van der Waals surface area contributed by atoms with Crippen LogP contribution in [-0.4, -0.2) is 47.0 Å². The van der Waals surface area contributed by atoms with Crippen LogP contribution in [0.25, 0.3) is 10.2 Å². The molecule has 2 aromatic carbocycles. The van der Waals surface area contributed by atoms with Crippen molar-refractivity contribution < 1.29 is 14.3 Å². The fourth-order valence-electron chi connectivity index (χ4n) is 5.10. The molecule has 39 heavy (non-hydrogen) atoms. The molecule has 0 bridgehead atoms. The first kappa shape index (κ1) is 26.0. The minimum absolute atomic E-state index is 0.305. The number of nitrogens with zero attached hydrogens (tertiary/aromatic N) is 4. The number of likely N-dealkylation sites (tertiary alicyclic amines) is 1. The molecule has 11 heteroatoms. The maximum Gasteiger partial charge on any atom is 0.332 e. The molecule has 0 saturated carbocycles. The second-order valence-corrected chi connectivity index (χ2v) is 11.3. The van der Waals surface area contributed by atoms with Gasteiger partial charge in [0.1, 0.15) is 21.8 Å². The monoisotopic (exact) mass is 654 g/mol. The normalized spacial score (nSPS) is 15.3. The highest BCUT2D eigenvalue weighted by Crippen LogP contribution is 2.46. The number of methoxy groups -OCH3 is 1. The number of hydrogen-bond donors (Lipinski definition) is 2. The standard InChI is InChI=1S/C28H27IN6O3S/c1-38-21-10-7-18(14-29)13-20(21)35-25-22-23(33-28(35)37)24(39-27(22)31-16-30-25)26(36)32-19-8-5-17(6-9-19)15-34-11-3-2-4-12-34/h5-10,13,16H,2-4,11-12,14-15H2,1H3,(H,32,36)(H,33,37). The van der Waals surface area contributed by atoms with Gasteiger partial charge in [-0.3, -0.25) is 9.69 Å². The first-order chi connectivity index (χ1) is 19.1. The second kappa shape index (κ2) is 11.1. The van der Waals surface area contributed by atoms with Gasteiger partial charge in [-0.1, -0.05) is 47.2 Å². The molecule has 0 radical (unpaired) electrons. The minimum atomic E-state index is -0.416. The summed E-state index contributed by atoms with van der Waals surface area (Å²) in [6, 6.07) is 13.3. The van der Waals surface area contributed by atoms with Crippen LogP contribution >= 0.6 is 33.9 Å². The van der Waals surface area contributed by atoms with Gasteiger partial charge in [-0.2, -0.15) is 0 Å². The molecule has 9 nitrogen and oxygen atoms in total. The fourth-order valence-corrected chi connectivity index (χ4v) is 6.56. The van der Waals surface area contributed by atoms with Gasteiger partial charge in [-0.25, -0.2) is 19.7 Å². The third-order valence-corrected chi connectivity index (χ3v) is 9.00. The number of urea groups is 1. The molecule has 2 aliphatic rings. The van der Waals surface area contributed by atoms with Gasteiger partial charge in [0, 0.05) is 16.7 Å². The van der Waals surface area contributed by atoms with Crippen molar-refractivity contribution in [2.45, 2.75) is 30.2 Å². The predicted molar refractivity (Wildman–Crippen MR) is 163 cm³/mol. The first-order valence-electron chi connectivity index (χ1n) is 12.8. The number of hydrogen-bond acceptors (Lipinski definition) is 7. The van der Waals surface area contributed by atoms with Crippen LogP contribution in [-0.2, 0) is 11.0 Å². The van der Waals surface area contributed by atoms with Crippen molar-refractivity contribution in [3.8, 4) is 5.75 Å². The Balaban J connectivity index is 1.29. The molecule has 6 rings (SSSR count). The summed E-state index contributed by atoms with van der Waals surface area (Å²) >= 11 is 3.51. The summed E-state index contributed by atoms with van der Waals surface area (Å²) < 4.78 is 6.33. The lowest BCUT2D eigenvalue weighted by atomic mass is 10.1. The third-order valence-electron chi connectivity index (χ3n) is 7.03. The molecule has 4 heterocycles. The number of carbonyl (C=O) groups excluding carboxylic acids is 2. The number of rotatable bonds is 7. The van der Waals surface area contributed by atoms with Crippen LogP contribution in [0.2, 0.25) is 0 Å². The maximum atomic E-state index is 13.5. The van der Waals surface area contributed by atoms with Crippen molar-refractivity contribution in [2.24, 2.45) is 0 Å². The van der Waals surface area contributed by atoms with E-state index in [0.717, 1.165) is 29.6 Å². The number of piperidine rings is 1. The Kier molecular flexibility index (Phi) is 7.36. The van der Waals surface area contributed by atoms with Crippen molar-refractivity contribution in [3.63, 3.8) is 0 Å². The van der Waals surface area contributed by atoms with Crippen LogP contribution in [0.15, 0.2) is 48.8 Å². The van der Waals surface area contributed by atoms with E-state index in [2.05, 4.69) is 60.2 Å². The third kappa shape index (κ3) is 5.06. The Labute approximate surface area is 243 Å². The zero-order valence-electron chi connectivity index (χ0n) is 21.4. The SMILES string of the molecule is COc1ccc(CI)cc1N1C(=O)Nc2c(C(=O)Nc3ccc(CN4CCCCC4)cc3)sc3ncnc1c23. The number of thiophene rings is 1. The van der Waals surface area contributed by atoms with Gasteiger partial charge >= 0.3 is 6.03 Å². The van der Waals surface area contributed by atoms with E-state index in [1.807, 2.05) is 30.3 Å². The van der Waals surface area contributed by atoms with Gasteiger partial charge in [0.25, 0.3) is 5.91 Å². The van der Waals surface area contributed by atoms with Crippen molar-refractivity contribution in [1.82, 2.24) is 14.9 Å². The lowest BCUT2D eigenvalue weighted by Gasteiger charge is -2.28. The summed E-state index contributed by atoms with van der Waals surface area (Å²) in [5.41, 5.74) is 3.97. The number of aromatic nitrogens is 2. The molecule has 1 fully saturated rings. The van der Waals surface area contributed by atoms with Crippen molar-refractivity contribution in [2.75, 3.05) is 35.7 Å². The molecule has 0 spiro atoms. The molecule has 4 aromatic rings. The van der Waals surface area contributed by atoms with E-state index in [-0.39, 0.29) is 5.91 Å². The number of halogens is 1. The zero-order valence-corrected chi connectivity index (χ0v) is 24.3. The summed E-state index contributed by atoms with van der Waals surface area (Å²) in [4.78, 5) is 40.7. The van der Waals surface area contributed by atoms with Gasteiger partial charge in [-0.15, -0.1) is 11.3 Å². The number of benzene rings is 2. The first-order valence-corrected chi connectivity index (χ1v) is 15.1. The van der Waals surface area contributed by atoms with Gasteiger partial charge < -0.3 is 15.4 Å². The summed E-state index contributed by atoms with van der Waals surface area (Å²) in [5, 5.41) is 6.54. The molecule has 0 unspecified atom stereocenters. The van der Waals surface area contributed by atoms with Crippen LogP contribution in [0.1, 0.15) is 40.1 Å². The Morgan fingerprint density at radius 3 is 2.62 bits per heavy atom. The number of alkyl halides is 1. The quantitative estimate of drug-likeness (QED) is 0.173. The van der Waals surface area contributed by atoms with Gasteiger partial charge in [0.2, 0.25) is 0 Å². The smallest absolute Gasteiger partial charge is 0.332 e. The average molecular weight is 655 g/mol. The molecule has 2 aliphatic heterocycles. The summed E-state index contributed by atoms with van der Waals surface area (Å²) in [6.45, 7) is 3.19. The zero-order chi connectivity index (χ0) is 26.9. The molecule has 2 N–H and O–H groups in total. The lowest BCUT2D eigenvalue weighted by molar-refractivity contribution is 0.103. The number of amides is 3. The maximum absolute atomic E-state index is 13.5. The van der Waals surface area contributed by atoms with E-state index in [0.29, 0.717) is 43.7 Å². The number of nitrogens with one attached hydrogen (secondary N) is 2. The highest BCUT2D eigenvalue weighted by Gasteiger charge is 2.35. The Hall–Kier alpha value is -3.29. The van der Waals surface area contributed by atoms with E-state index in [1.54, 1.807) is 7.11 Å². The summed E-state index contributed by atoms with van der Waals surface area (Å²) in [5.74, 6) is 0.659. The largest absolute Gasteiger partial charge is 0.495 e. The van der Waals surface area contributed by atoms with Gasteiger partial charge in [-0.05, 0) is 61.3 Å². The van der Waals surface area contributed by atoms with Crippen LogP contribution < -0.4 is 20.3 Å². The van der Waals surface area contributed by atoms with E-state index in [4.69, 9.17) is 4.74 Å². The molecule has 2 aromatic heterocycles. The van der Waals surface area contributed by atoms with Crippen molar-refractivity contribution >= 4 is 79.0 Å². The summed E-state index contributed by atoms with van der Waals surface area (Å²) in [7, 11) is 1.57.